The molecule has 0 saturated heterocycles. The lowest BCUT2D eigenvalue weighted by Crippen LogP contribution is -2.28. The van der Waals surface area contributed by atoms with Gasteiger partial charge in [0.1, 0.15) is 11.5 Å². The Morgan fingerprint density at radius 3 is 2.83 bits per heavy atom. The molecule has 0 aliphatic rings. The van der Waals surface area contributed by atoms with Crippen LogP contribution in [-0.4, -0.2) is 17.6 Å². The zero-order chi connectivity index (χ0) is 12.8. The quantitative estimate of drug-likeness (QED) is 0.899. The van der Waals surface area contributed by atoms with Crippen molar-refractivity contribution in [3.63, 3.8) is 0 Å². The van der Waals surface area contributed by atoms with E-state index >= 15 is 0 Å². The average molecular weight is 246 g/mol. The molecule has 1 aromatic heterocycles. The number of oxazole rings is 1. The molecule has 5 nitrogen and oxygen atoms in total. The molecule has 94 valence electrons. The van der Waals surface area contributed by atoms with E-state index in [1.807, 2.05) is 13.0 Å². The summed E-state index contributed by atoms with van der Waals surface area (Å²) in [6, 6.07) is 8.90. The third-order valence-electron chi connectivity index (χ3n) is 2.23. The first-order chi connectivity index (χ1) is 8.74. The number of nitrogens with one attached hydrogen (secondary N) is 1. The molecule has 0 spiro atoms. The lowest BCUT2D eigenvalue weighted by molar-refractivity contribution is 0.200. The second kappa shape index (κ2) is 5.86. The molecule has 2 rings (SSSR count). The molecule has 0 unspecified atom stereocenters. The minimum absolute atomic E-state index is 0.422. The fraction of sp³-hybridized carbons (Fsp3) is 0.231. The molecular weight excluding hydrogens is 232 g/mol. The van der Waals surface area contributed by atoms with Crippen molar-refractivity contribution < 1.29 is 13.9 Å². The van der Waals surface area contributed by atoms with E-state index in [-0.39, 0.29) is 0 Å². The average Bonchev–Trinajstić information content (AvgIpc) is 2.76. The molecule has 0 saturated carbocycles. The van der Waals surface area contributed by atoms with Crippen LogP contribution in [0.5, 0.6) is 5.75 Å². The minimum Gasteiger partial charge on any atom is -0.446 e. The molecule has 1 aromatic carbocycles. The Labute approximate surface area is 105 Å². The van der Waals surface area contributed by atoms with E-state index in [0.717, 1.165) is 5.76 Å². The Balaban J connectivity index is 1.72. The van der Waals surface area contributed by atoms with Crippen molar-refractivity contribution in [2.75, 3.05) is 6.54 Å². The zero-order valence-corrected chi connectivity index (χ0v) is 10.1. The van der Waals surface area contributed by atoms with Gasteiger partial charge in [-0.05, 0) is 19.1 Å². The number of carbonyl (C=O) groups excluding carboxylic acids is 1. The van der Waals surface area contributed by atoms with Gasteiger partial charge in [-0.3, -0.25) is 0 Å². The van der Waals surface area contributed by atoms with Gasteiger partial charge in [0.2, 0.25) is 0 Å². The summed E-state index contributed by atoms with van der Waals surface area (Å²) in [6.07, 6.45) is 1.71. The first-order valence-corrected chi connectivity index (χ1v) is 5.66. The predicted octanol–water partition coefficient (Wildman–Crippen LogP) is 2.31. The van der Waals surface area contributed by atoms with Crippen molar-refractivity contribution in [3.8, 4) is 5.75 Å². The van der Waals surface area contributed by atoms with Gasteiger partial charge in [0.15, 0.2) is 5.89 Å². The fourth-order valence-electron chi connectivity index (χ4n) is 1.42. The number of para-hydroxylation sites is 1. The van der Waals surface area contributed by atoms with Crippen LogP contribution in [0.1, 0.15) is 11.7 Å². The molecule has 1 heterocycles. The Hall–Kier alpha value is -2.30. The number of aromatic nitrogens is 1. The maximum Gasteiger partial charge on any atom is 0.412 e. The number of carbonyl (C=O) groups is 1. The second-order valence-electron chi connectivity index (χ2n) is 3.74. The largest absolute Gasteiger partial charge is 0.446 e. The van der Waals surface area contributed by atoms with Crippen LogP contribution in [0.2, 0.25) is 0 Å². The van der Waals surface area contributed by atoms with Crippen molar-refractivity contribution in [1.29, 1.82) is 0 Å². The number of aryl methyl sites for hydroxylation is 1. The van der Waals surface area contributed by atoms with Gasteiger partial charge in [0, 0.05) is 13.0 Å². The highest BCUT2D eigenvalue weighted by Crippen LogP contribution is 2.08. The molecule has 1 amide bonds. The summed E-state index contributed by atoms with van der Waals surface area (Å²) >= 11 is 0. The predicted molar refractivity (Wildman–Crippen MR) is 65.4 cm³/mol. The van der Waals surface area contributed by atoms with Crippen molar-refractivity contribution >= 4 is 6.09 Å². The van der Waals surface area contributed by atoms with Gasteiger partial charge >= 0.3 is 6.09 Å². The summed E-state index contributed by atoms with van der Waals surface area (Å²) in [7, 11) is 0. The number of hydrogen-bond acceptors (Lipinski definition) is 4. The van der Waals surface area contributed by atoms with Gasteiger partial charge in [-0.1, -0.05) is 18.2 Å². The first kappa shape index (κ1) is 12.2. The van der Waals surface area contributed by atoms with E-state index in [9.17, 15) is 4.79 Å². The number of benzene rings is 1. The number of rotatable bonds is 4. The van der Waals surface area contributed by atoms with E-state index in [0.29, 0.717) is 24.6 Å². The number of nitrogens with zero attached hydrogens (tertiary/aromatic N) is 1. The molecule has 0 aliphatic heterocycles. The molecule has 18 heavy (non-hydrogen) atoms. The molecule has 0 radical (unpaired) electrons. The van der Waals surface area contributed by atoms with E-state index in [2.05, 4.69) is 10.3 Å². The smallest absolute Gasteiger partial charge is 0.412 e. The number of amides is 1. The highest BCUT2D eigenvalue weighted by molar-refractivity contribution is 5.70. The zero-order valence-electron chi connectivity index (χ0n) is 10.1. The van der Waals surface area contributed by atoms with Gasteiger partial charge in [0.05, 0.1) is 6.20 Å². The summed E-state index contributed by atoms with van der Waals surface area (Å²) in [4.78, 5) is 15.5. The van der Waals surface area contributed by atoms with E-state index < -0.39 is 6.09 Å². The van der Waals surface area contributed by atoms with Crippen LogP contribution in [-0.2, 0) is 6.42 Å². The summed E-state index contributed by atoms with van der Waals surface area (Å²) in [5.41, 5.74) is 0. The van der Waals surface area contributed by atoms with Gasteiger partial charge in [-0.2, -0.15) is 0 Å². The van der Waals surface area contributed by atoms with Crippen molar-refractivity contribution in [2.45, 2.75) is 13.3 Å². The van der Waals surface area contributed by atoms with Crippen LogP contribution in [0.3, 0.4) is 0 Å². The van der Waals surface area contributed by atoms with Crippen LogP contribution in [0, 0.1) is 6.92 Å². The third kappa shape index (κ3) is 3.62. The molecule has 2 aromatic rings. The van der Waals surface area contributed by atoms with Crippen LogP contribution < -0.4 is 10.1 Å². The molecule has 0 fully saturated rings. The third-order valence-corrected chi connectivity index (χ3v) is 2.23. The van der Waals surface area contributed by atoms with E-state index in [1.54, 1.807) is 30.5 Å². The SMILES string of the molecule is Cc1cnc(CCNC(=O)Oc2ccccc2)o1. The fourth-order valence-corrected chi connectivity index (χ4v) is 1.42. The van der Waals surface area contributed by atoms with Gasteiger partial charge in [-0.15, -0.1) is 0 Å². The van der Waals surface area contributed by atoms with Crippen molar-refractivity contribution in [2.24, 2.45) is 0 Å². The summed E-state index contributed by atoms with van der Waals surface area (Å²) in [5.74, 6) is 1.88. The maximum absolute atomic E-state index is 11.4. The molecule has 0 bridgehead atoms. The van der Waals surface area contributed by atoms with Crippen molar-refractivity contribution in [3.05, 3.63) is 48.2 Å². The van der Waals surface area contributed by atoms with Crippen LogP contribution >= 0.6 is 0 Å². The van der Waals surface area contributed by atoms with Crippen LogP contribution in [0.4, 0.5) is 4.79 Å². The molecule has 0 aliphatic carbocycles. The topological polar surface area (TPSA) is 64.4 Å². The van der Waals surface area contributed by atoms with E-state index in [1.165, 1.54) is 0 Å². The summed E-state index contributed by atoms with van der Waals surface area (Å²) in [5, 5.41) is 2.63. The molecule has 1 N–H and O–H groups in total. The van der Waals surface area contributed by atoms with Crippen LogP contribution in [0.15, 0.2) is 40.9 Å². The monoisotopic (exact) mass is 246 g/mol. The van der Waals surface area contributed by atoms with Gasteiger partial charge in [0.25, 0.3) is 0 Å². The molecular formula is C13H14N2O3. The normalized spacial score (nSPS) is 10.1. The minimum atomic E-state index is -0.482. The Morgan fingerprint density at radius 1 is 1.39 bits per heavy atom. The van der Waals surface area contributed by atoms with E-state index in [4.69, 9.17) is 9.15 Å². The van der Waals surface area contributed by atoms with Crippen molar-refractivity contribution in [1.82, 2.24) is 10.3 Å². The highest BCUT2D eigenvalue weighted by atomic mass is 16.6. The summed E-state index contributed by atoms with van der Waals surface area (Å²) < 4.78 is 10.3. The maximum atomic E-state index is 11.4. The second-order valence-corrected chi connectivity index (χ2v) is 3.74. The first-order valence-electron chi connectivity index (χ1n) is 5.66. The summed E-state index contributed by atoms with van der Waals surface area (Å²) in [6.45, 7) is 2.25. The lowest BCUT2D eigenvalue weighted by Gasteiger charge is -2.04. The number of hydrogen-bond donors (Lipinski definition) is 1. The van der Waals surface area contributed by atoms with Crippen LogP contribution in [0.25, 0.3) is 0 Å². The standard InChI is InChI=1S/C13H14N2O3/c1-10-9-15-12(17-10)7-8-14-13(16)18-11-5-3-2-4-6-11/h2-6,9H,7-8H2,1H3,(H,14,16). The number of ether oxygens (including phenoxy) is 1. The Morgan fingerprint density at radius 2 is 2.17 bits per heavy atom. The lowest BCUT2D eigenvalue weighted by atomic mass is 10.3. The highest BCUT2D eigenvalue weighted by Gasteiger charge is 2.05. The Bertz CT molecular complexity index is 508. The Kier molecular flexibility index (Phi) is 3.96. The van der Waals surface area contributed by atoms with Gasteiger partial charge < -0.3 is 14.5 Å². The van der Waals surface area contributed by atoms with Gasteiger partial charge in [-0.25, -0.2) is 9.78 Å². The molecule has 5 heteroatoms. The molecule has 0 atom stereocenters.